The van der Waals surface area contributed by atoms with Gasteiger partial charge in [-0.3, -0.25) is 4.79 Å². The van der Waals surface area contributed by atoms with Crippen LogP contribution in [0.1, 0.15) is 54.0 Å². The Morgan fingerprint density at radius 2 is 2.24 bits per heavy atom. The summed E-state index contributed by atoms with van der Waals surface area (Å²) in [6.07, 6.45) is 5.43. The Kier molecular flexibility index (Phi) is 3.85. The van der Waals surface area contributed by atoms with Crippen LogP contribution < -0.4 is 11.1 Å². The van der Waals surface area contributed by atoms with Crippen LogP contribution >= 0.6 is 11.3 Å². The van der Waals surface area contributed by atoms with Crippen LogP contribution in [-0.2, 0) is 12.8 Å². The number of aromatic nitrogens is 1. The van der Waals surface area contributed by atoms with Crippen molar-refractivity contribution >= 4 is 33.1 Å². The lowest BCUT2D eigenvalue weighted by atomic mass is 9.95. The number of nitrogen functional groups attached to an aromatic ring is 1. The second kappa shape index (κ2) is 5.64. The Bertz CT molecular complexity index is 692. The number of carbonyl (C=O) groups is 1. The van der Waals surface area contributed by atoms with Gasteiger partial charge in [-0.2, -0.15) is 0 Å². The van der Waals surface area contributed by atoms with Gasteiger partial charge in [0.2, 0.25) is 0 Å². The number of thiophene rings is 1. The Labute approximate surface area is 128 Å². The maximum Gasteiger partial charge on any atom is 0.263 e. The molecular formula is C16H21N3OS. The van der Waals surface area contributed by atoms with E-state index in [-0.39, 0.29) is 11.9 Å². The van der Waals surface area contributed by atoms with Gasteiger partial charge in [0.15, 0.2) is 0 Å². The van der Waals surface area contributed by atoms with E-state index < -0.39 is 0 Å². The van der Waals surface area contributed by atoms with E-state index >= 15 is 0 Å². The number of rotatable bonds is 3. The van der Waals surface area contributed by atoms with E-state index in [9.17, 15) is 4.79 Å². The van der Waals surface area contributed by atoms with E-state index in [0.717, 1.165) is 29.5 Å². The van der Waals surface area contributed by atoms with E-state index in [1.165, 1.54) is 35.4 Å². The van der Waals surface area contributed by atoms with Crippen molar-refractivity contribution in [1.82, 2.24) is 10.3 Å². The normalized spacial score (nSPS) is 15.7. The van der Waals surface area contributed by atoms with Crippen molar-refractivity contribution in [3.05, 3.63) is 22.2 Å². The molecule has 2 aromatic heterocycles. The average molecular weight is 303 g/mol. The van der Waals surface area contributed by atoms with Crippen molar-refractivity contribution in [3.8, 4) is 0 Å². The first-order valence-corrected chi connectivity index (χ1v) is 8.43. The summed E-state index contributed by atoms with van der Waals surface area (Å²) in [7, 11) is 0. The molecule has 0 aliphatic heterocycles. The molecule has 1 unspecified atom stereocenters. The zero-order valence-electron chi connectivity index (χ0n) is 12.5. The van der Waals surface area contributed by atoms with Crippen LogP contribution in [0.3, 0.4) is 0 Å². The molecular weight excluding hydrogens is 282 g/mol. The van der Waals surface area contributed by atoms with E-state index in [1.54, 1.807) is 0 Å². The molecule has 0 fully saturated rings. The summed E-state index contributed by atoms with van der Waals surface area (Å²) in [5.74, 6) is -0.0807. The lowest BCUT2D eigenvalue weighted by molar-refractivity contribution is 0.0944. The highest BCUT2D eigenvalue weighted by Gasteiger charge is 2.20. The lowest BCUT2D eigenvalue weighted by Gasteiger charge is -2.14. The van der Waals surface area contributed by atoms with Gasteiger partial charge in [0.05, 0.1) is 5.69 Å². The van der Waals surface area contributed by atoms with E-state index in [4.69, 9.17) is 10.7 Å². The molecule has 0 bridgehead atoms. The van der Waals surface area contributed by atoms with Crippen molar-refractivity contribution < 1.29 is 4.79 Å². The minimum absolute atomic E-state index is 0.0807. The Morgan fingerprint density at radius 1 is 1.48 bits per heavy atom. The standard InChI is InChI=1S/C16H21N3OS/c1-3-9(2)18-15(20)14-13(17)11-8-10-6-4-5-7-12(10)19-16(11)21-14/h8-9H,3-7,17H2,1-2H3,(H,18,20). The molecule has 0 spiro atoms. The SMILES string of the molecule is CCC(C)NC(=O)c1sc2nc3c(cc2c1N)CCCC3. The molecule has 3 N–H and O–H groups in total. The Balaban J connectivity index is 2.01. The van der Waals surface area contributed by atoms with Gasteiger partial charge >= 0.3 is 0 Å². The maximum atomic E-state index is 12.3. The number of hydrogen-bond donors (Lipinski definition) is 2. The second-order valence-electron chi connectivity index (χ2n) is 5.78. The number of nitrogens with one attached hydrogen (secondary N) is 1. The number of fused-ring (bicyclic) bond motifs is 2. The predicted octanol–water partition coefficient (Wildman–Crippen LogP) is 3.29. The highest BCUT2D eigenvalue weighted by molar-refractivity contribution is 7.21. The third-order valence-electron chi connectivity index (χ3n) is 4.20. The van der Waals surface area contributed by atoms with Crippen molar-refractivity contribution in [3.63, 3.8) is 0 Å². The van der Waals surface area contributed by atoms with Crippen LogP contribution in [0.25, 0.3) is 10.2 Å². The third kappa shape index (κ3) is 2.62. The number of hydrogen-bond acceptors (Lipinski definition) is 4. The molecule has 1 amide bonds. The largest absolute Gasteiger partial charge is 0.397 e. The number of anilines is 1. The van der Waals surface area contributed by atoms with Gasteiger partial charge in [-0.1, -0.05) is 6.92 Å². The minimum Gasteiger partial charge on any atom is -0.397 e. The van der Waals surface area contributed by atoms with Gasteiger partial charge < -0.3 is 11.1 Å². The Hall–Kier alpha value is -1.62. The molecule has 5 heteroatoms. The Morgan fingerprint density at radius 3 is 3.00 bits per heavy atom. The average Bonchev–Trinajstić information content (AvgIpc) is 2.81. The molecule has 0 saturated carbocycles. The summed E-state index contributed by atoms with van der Waals surface area (Å²) in [5, 5.41) is 3.92. The number of carbonyl (C=O) groups excluding carboxylic acids is 1. The summed E-state index contributed by atoms with van der Waals surface area (Å²) in [5.41, 5.74) is 9.26. The van der Waals surface area contributed by atoms with Crippen molar-refractivity contribution in [2.75, 3.05) is 5.73 Å². The highest BCUT2D eigenvalue weighted by Crippen LogP contribution is 2.35. The minimum atomic E-state index is -0.0807. The lowest BCUT2D eigenvalue weighted by Crippen LogP contribution is -2.31. The zero-order chi connectivity index (χ0) is 15.0. The monoisotopic (exact) mass is 303 g/mol. The molecule has 2 aromatic rings. The smallest absolute Gasteiger partial charge is 0.263 e. The van der Waals surface area contributed by atoms with Gasteiger partial charge in [0.25, 0.3) is 5.91 Å². The summed E-state index contributed by atoms with van der Waals surface area (Å²) in [6.45, 7) is 4.05. The van der Waals surface area contributed by atoms with Crippen molar-refractivity contribution in [1.29, 1.82) is 0 Å². The summed E-state index contributed by atoms with van der Waals surface area (Å²) >= 11 is 1.41. The van der Waals surface area contributed by atoms with Crippen LogP contribution in [0.15, 0.2) is 6.07 Å². The van der Waals surface area contributed by atoms with Crippen molar-refractivity contribution in [2.45, 2.75) is 52.0 Å². The quantitative estimate of drug-likeness (QED) is 0.914. The molecule has 4 nitrogen and oxygen atoms in total. The maximum absolute atomic E-state index is 12.3. The summed E-state index contributed by atoms with van der Waals surface area (Å²) in [6, 6.07) is 2.30. The molecule has 0 aromatic carbocycles. The molecule has 3 rings (SSSR count). The third-order valence-corrected chi connectivity index (χ3v) is 5.31. The molecule has 0 radical (unpaired) electrons. The zero-order valence-corrected chi connectivity index (χ0v) is 13.3. The van der Waals surface area contributed by atoms with Crippen molar-refractivity contribution in [2.24, 2.45) is 0 Å². The van der Waals surface area contributed by atoms with Gasteiger partial charge in [-0.25, -0.2) is 4.98 Å². The molecule has 1 aliphatic carbocycles. The molecule has 2 heterocycles. The fourth-order valence-electron chi connectivity index (χ4n) is 2.72. The van der Waals surface area contributed by atoms with E-state index in [0.29, 0.717) is 10.6 Å². The number of nitrogens with two attached hydrogens (primary N) is 1. The van der Waals surface area contributed by atoms with E-state index in [1.807, 2.05) is 6.92 Å². The second-order valence-corrected chi connectivity index (χ2v) is 6.78. The first-order chi connectivity index (χ1) is 10.1. The van der Waals surface area contributed by atoms with Gasteiger partial charge in [0, 0.05) is 17.1 Å². The predicted molar refractivity (Wildman–Crippen MR) is 87.9 cm³/mol. The van der Waals surface area contributed by atoms with Gasteiger partial charge in [0.1, 0.15) is 9.71 Å². The van der Waals surface area contributed by atoms with Crippen LogP contribution in [0.5, 0.6) is 0 Å². The topological polar surface area (TPSA) is 68.0 Å². The fraction of sp³-hybridized carbons (Fsp3) is 0.500. The van der Waals surface area contributed by atoms with E-state index in [2.05, 4.69) is 18.3 Å². The number of aryl methyl sites for hydroxylation is 2. The highest BCUT2D eigenvalue weighted by atomic mass is 32.1. The summed E-state index contributed by atoms with van der Waals surface area (Å²) in [4.78, 5) is 18.5. The first-order valence-electron chi connectivity index (χ1n) is 7.61. The molecule has 0 saturated heterocycles. The van der Waals surface area contributed by atoms with Gasteiger partial charge in [-0.15, -0.1) is 11.3 Å². The molecule has 1 aliphatic rings. The number of nitrogens with zero attached hydrogens (tertiary/aromatic N) is 1. The summed E-state index contributed by atoms with van der Waals surface area (Å²) < 4.78 is 0. The van der Waals surface area contributed by atoms with Crippen LogP contribution in [0, 0.1) is 0 Å². The molecule has 21 heavy (non-hydrogen) atoms. The van der Waals surface area contributed by atoms with Crippen LogP contribution in [-0.4, -0.2) is 16.9 Å². The van der Waals surface area contributed by atoms with Gasteiger partial charge in [-0.05, 0) is 50.7 Å². The number of amides is 1. The van der Waals surface area contributed by atoms with Crippen LogP contribution in [0.2, 0.25) is 0 Å². The molecule has 112 valence electrons. The van der Waals surface area contributed by atoms with Crippen LogP contribution in [0.4, 0.5) is 5.69 Å². The fourth-order valence-corrected chi connectivity index (χ4v) is 3.72. The molecule has 1 atom stereocenters. The number of pyridine rings is 1. The first kappa shape index (κ1) is 14.3.